The van der Waals surface area contributed by atoms with Gasteiger partial charge in [-0.2, -0.15) is 13.2 Å². The van der Waals surface area contributed by atoms with Gasteiger partial charge in [0.25, 0.3) is 0 Å². The molecule has 0 fully saturated rings. The lowest BCUT2D eigenvalue weighted by molar-refractivity contribution is -0.172. The lowest BCUT2D eigenvalue weighted by atomic mass is 10.3. The van der Waals surface area contributed by atoms with Crippen LogP contribution in [0.25, 0.3) is 0 Å². The third-order valence-electron chi connectivity index (χ3n) is 1.87. The Morgan fingerprint density at radius 3 is 2.76 bits per heavy atom. The van der Waals surface area contributed by atoms with E-state index in [1.54, 1.807) is 12.3 Å². The molecule has 17 heavy (non-hydrogen) atoms. The molecule has 1 N–H and O–H groups in total. The van der Waals surface area contributed by atoms with Crippen LogP contribution in [0.4, 0.5) is 19.0 Å². The van der Waals surface area contributed by atoms with Gasteiger partial charge in [-0.05, 0) is 34.5 Å². The molecule has 0 spiro atoms. The van der Waals surface area contributed by atoms with Gasteiger partial charge in [-0.25, -0.2) is 4.98 Å². The Morgan fingerprint density at radius 1 is 1.47 bits per heavy atom. The van der Waals surface area contributed by atoms with E-state index in [4.69, 9.17) is 0 Å². The highest BCUT2D eigenvalue weighted by molar-refractivity contribution is 9.10. The highest BCUT2D eigenvalue weighted by Crippen LogP contribution is 2.17. The predicted molar refractivity (Wildman–Crippen MR) is 62.0 cm³/mol. The van der Waals surface area contributed by atoms with Gasteiger partial charge in [-0.3, -0.25) is 0 Å². The molecule has 0 aliphatic heterocycles. The molecule has 1 aromatic rings. The molecule has 0 bridgehead atoms. The average Bonchev–Trinajstić information content (AvgIpc) is 2.21. The van der Waals surface area contributed by atoms with Crippen LogP contribution in [0.3, 0.4) is 0 Å². The molecule has 0 saturated carbocycles. The Balaban J connectivity index is 2.25. The van der Waals surface area contributed by atoms with Crippen LogP contribution in [0, 0.1) is 6.92 Å². The number of nitrogens with one attached hydrogen (secondary N) is 1. The zero-order valence-corrected chi connectivity index (χ0v) is 10.7. The molecular formula is C10H12BrF3N2O. The monoisotopic (exact) mass is 312 g/mol. The number of rotatable bonds is 5. The third-order valence-corrected chi connectivity index (χ3v) is 2.70. The van der Waals surface area contributed by atoms with Crippen LogP contribution in [-0.4, -0.2) is 30.9 Å². The summed E-state index contributed by atoms with van der Waals surface area (Å²) >= 11 is 3.30. The van der Waals surface area contributed by atoms with E-state index in [2.05, 4.69) is 31.0 Å². The van der Waals surface area contributed by atoms with Crippen molar-refractivity contribution in [3.8, 4) is 0 Å². The Kier molecular flexibility index (Phi) is 5.20. The number of alkyl halides is 3. The van der Waals surface area contributed by atoms with Crippen LogP contribution in [0.1, 0.15) is 5.56 Å². The molecule has 0 aromatic carbocycles. The van der Waals surface area contributed by atoms with Crippen molar-refractivity contribution in [1.82, 2.24) is 4.98 Å². The van der Waals surface area contributed by atoms with Crippen LogP contribution >= 0.6 is 15.9 Å². The van der Waals surface area contributed by atoms with Gasteiger partial charge in [-0.1, -0.05) is 0 Å². The maximum Gasteiger partial charge on any atom is 0.411 e. The molecule has 0 aliphatic rings. The minimum Gasteiger partial charge on any atom is -0.370 e. The second kappa shape index (κ2) is 6.20. The fourth-order valence-electron chi connectivity index (χ4n) is 1.08. The molecule has 0 saturated heterocycles. The second-order valence-corrected chi connectivity index (χ2v) is 4.27. The Bertz CT molecular complexity index is 371. The van der Waals surface area contributed by atoms with Crippen LogP contribution in [0.15, 0.2) is 16.7 Å². The molecule has 1 aromatic heterocycles. The highest BCUT2D eigenvalue weighted by Gasteiger charge is 2.27. The summed E-state index contributed by atoms with van der Waals surface area (Å²) in [5.74, 6) is 0.612. The smallest absolute Gasteiger partial charge is 0.370 e. The van der Waals surface area contributed by atoms with E-state index in [9.17, 15) is 13.2 Å². The summed E-state index contributed by atoms with van der Waals surface area (Å²) in [7, 11) is 0. The molecule has 0 unspecified atom stereocenters. The van der Waals surface area contributed by atoms with E-state index >= 15 is 0 Å². The van der Waals surface area contributed by atoms with Crippen molar-refractivity contribution in [2.75, 3.05) is 25.1 Å². The number of pyridine rings is 1. The summed E-state index contributed by atoms with van der Waals surface area (Å²) in [4.78, 5) is 4.05. The summed E-state index contributed by atoms with van der Waals surface area (Å²) in [5, 5.41) is 2.87. The first-order valence-corrected chi connectivity index (χ1v) is 5.68. The predicted octanol–water partition coefficient (Wildman–Crippen LogP) is 3.14. The van der Waals surface area contributed by atoms with Gasteiger partial charge in [0, 0.05) is 17.2 Å². The number of hydrogen-bond donors (Lipinski definition) is 1. The van der Waals surface area contributed by atoms with Crippen molar-refractivity contribution in [2.45, 2.75) is 13.1 Å². The van der Waals surface area contributed by atoms with Crippen molar-refractivity contribution in [3.63, 3.8) is 0 Å². The van der Waals surface area contributed by atoms with Crippen molar-refractivity contribution >= 4 is 21.7 Å². The fraction of sp³-hybridized carbons (Fsp3) is 0.500. The van der Waals surface area contributed by atoms with Crippen molar-refractivity contribution < 1.29 is 17.9 Å². The summed E-state index contributed by atoms with van der Waals surface area (Å²) in [6, 6.07) is 1.80. The molecule has 0 amide bonds. The molecule has 0 radical (unpaired) electrons. The van der Waals surface area contributed by atoms with Gasteiger partial charge in [0.15, 0.2) is 0 Å². The Morgan fingerprint density at radius 2 is 2.18 bits per heavy atom. The van der Waals surface area contributed by atoms with Gasteiger partial charge in [0.2, 0.25) is 0 Å². The van der Waals surface area contributed by atoms with Crippen LogP contribution in [0.5, 0.6) is 0 Å². The van der Waals surface area contributed by atoms with Crippen LogP contribution in [0.2, 0.25) is 0 Å². The zero-order chi connectivity index (χ0) is 12.9. The second-order valence-electron chi connectivity index (χ2n) is 3.41. The van der Waals surface area contributed by atoms with E-state index in [0.29, 0.717) is 5.82 Å². The molecule has 0 atom stereocenters. The van der Waals surface area contributed by atoms with Crippen molar-refractivity contribution in [3.05, 3.63) is 22.3 Å². The molecule has 3 nitrogen and oxygen atoms in total. The first-order valence-electron chi connectivity index (χ1n) is 4.89. The first kappa shape index (κ1) is 14.2. The van der Waals surface area contributed by atoms with E-state index in [0.717, 1.165) is 10.0 Å². The maximum absolute atomic E-state index is 11.7. The minimum absolute atomic E-state index is 0.0176. The maximum atomic E-state index is 11.7. The van der Waals surface area contributed by atoms with Gasteiger partial charge in [0.05, 0.1) is 6.61 Å². The number of aryl methyl sites for hydroxylation is 1. The van der Waals surface area contributed by atoms with Gasteiger partial charge < -0.3 is 10.1 Å². The van der Waals surface area contributed by atoms with E-state index in [1.807, 2.05) is 6.92 Å². The zero-order valence-electron chi connectivity index (χ0n) is 9.14. The number of anilines is 1. The topological polar surface area (TPSA) is 34.1 Å². The van der Waals surface area contributed by atoms with Crippen LogP contribution < -0.4 is 5.32 Å². The normalized spacial score (nSPS) is 11.6. The van der Waals surface area contributed by atoms with Crippen LogP contribution in [-0.2, 0) is 4.74 Å². The van der Waals surface area contributed by atoms with Gasteiger partial charge in [0.1, 0.15) is 12.4 Å². The standard InChI is InChI=1S/C10H12BrF3N2O/c1-7-4-9(16-5-8(7)11)15-2-3-17-6-10(12,13)14/h4-5H,2-3,6H2,1H3,(H,15,16). The highest BCUT2D eigenvalue weighted by atomic mass is 79.9. The lowest BCUT2D eigenvalue weighted by Crippen LogP contribution is -2.20. The SMILES string of the molecule is Cc1cc(NCCOCC(F)(F)F)ncc1Br. The molecule has 96 valence electrons. The Hall–Kier alpha value is -0.820. The number of halogens is 4. The Labute approximate surface area is 106 Å². The lowest BCUT2D eigenvalue weighted by Gasteiger charge is -2.09. The van der Waals surface area contributed by atoms with Gasteiger partial charge in [-0.15, -0.1) is 0 Å². The van der Waals surface area contributed by atoms with E-state index < -0.39 is 12.8 Å². The third kappa shape index (κ3) is 5.88. The molecule has 1 rings (SSSR count). The van der Waals surface area contributed by atoms with E-state index in [-0.39, 0.29) is 13.2 Å². The molecular weight excluding hydrogens is 301 g/mol. The van der Waals surface area contributed by atoms with E-state index in [1.165, 1.54) is 0 Å². The minimum atomic E-state index is -4.27. The summed E-state index contributed by atoms with van der Waals surface area (Å²) in [5.41, 5.74) is 0.999. The summed E-state index contributed by atoms with van der Waals surface area (Å²) in [6.45, 7) is 0.943. The number of aromatic nitrogens is 1. The van der Waals surface area contributed by atoms with Crippen molar-refractivity contribution in [2.24, 2.45) is 0 Å². The molecule has 0 aliphatic carbocycles. The average molecular weight is 313 g/mol. The van der Waals surface area contributed by atoms with Gasteiger partial charge >= 0.3 is 6.18 Å². The summed E-state index contributed by atoms with van der Waals surface area (Å²) < 4.78 is 40.6. The fourth-order valence-corrected chi connectivity index (χ4v) is 1.29. The molecule has 7 heteroatoms. The first-order chi connectivity index (χ1) is 7.88. The summed E-state index contributed by atoms with van der Waals surface area (Å²) in [6.07, 6.45) is -2.64. The number of nitrogens with zero attached hydrogens (tertiary/aromatic N) is 1. The largest absolute Gasteiger partial charge is 0.411 e. The number of hydrogen-bond acceptors (Lipinski definition) is 3. The van der Waals surface area contributed by atoms with Crippen molar-refractivity contribution in [1.29, 1.82) is 0 Å². The molecule has 1 heterocycles. The number of ether oxygens (including phenoxy) is 1. The quantitative estimate of drug-likeness (QED) is 0.848.